The molecular formula is C20H17NO2S. The summed E-state index contributed by atoms with van der Waals surface area (Å²) in [6.07, 6.45) is 0. The van der Waals surface area contributed by atoms with Crippen molar-refractivity contribution in [1.29, 1.82) is 0 Å². The van der Waals surface area contributed by atoms with Crippen molar-refractivity contribution in [2.75, 3.05) is 0 Å². The minimum atomic E-state index is -0.0840. The van der Waals surface area contributed by atoms with Crippen molar-refractivity contribution in [2.45, 2.75) is 19.8 Å². The van der Waals surface area contributed by atoms with Crippen LogP contribution in [0.25, 0.3) is 32.1 Å². The van der Waals surface area contributed by atoms with E-state index in [0.717, 1.165) is 27.4 Å². The van der Waals surface area contributed by atoms with Gasteiger partial charge in [0.2, 0.25) is 0 Å². The van der Waals surface area contributed by atoms with Gasteiger partial charge in [-0.3, -0.25) is 4.79 Å². The summed E-state index contributed by atoms with van der Waals surface area (Å²) in [4.78, 5) is 15.1. The van der Waals surface area contributed by atoms with Crippen LogP contribution in [-0.2, 0) is 0 Å². The molecule has 0 spiro atoms. The Bertz CT molecular complexity index is 1100. The molecule has 2 aromatic heterocycles. The molecule has 2 heterocycles. The first kappa shape index (κ1) is 15.0. The smallest absolute Gasteiger partial charge is 0.266 e. The Hall–Kier alpha value is -2.59. The van der Waals surface area contributed by atoms with E-state index in [2.05, 4.69) is 31.0 Å². The molecule has 0 aliphatic rings. The first-order valence-corrected chi connectivity index (χ1v) is 8.79. The van der Waals surface area contributed by atoms with Crippen LogP contribution in [0, 0.1) is 0 Å². The molecule has 0 bridgehead atoms. The van der Waals surface area contributed by atoms with Crippen LogP contribution in [0.2, 0.25) is 0 Å². The lowest BCUT2D eigenvalue weighted by Crippen LogP contribution is -2.04. The van der Waals surface area contributed by atoms with Gasteiger partial charge in [-0.1, -0.05) is 38.1 Å². The predicted molar refractivity (Wildman–Crippen MR) is 101 cm³/mol. The normalized spacial score (nSPS) is 11.6. The second kappa shape index (κ2) is 5.49. The van der Waals surface area contributed by atoms with Gasteiger partial charge in [0.05, 0.1) is 0 Å². The fourth-order valence-corrected chi connectivity index (χ4v) is 3.96. The largest absolute Gasteiger partial charge is 0.507 e. The van der Waals surface area contributed by atoms with Crippen LogP contribution in [0.3, 0.4) is 0 Å². The first-order chi connectivity index (χ1) is 11.6. The van der Waals surface area contributed by atoms with Crippen LogP contribution in [0.1, 0.15) is 25.3 Å². The number of pyridine rings is 1. The SMILES string of the molecule is CC(C)c1ccc(-c2c(O)ccc3[nH]c(=O)c4sccc4c23)cc1. The van der Waals surface area contributed by atoms with Gasteiger partial charge >= 0.3 is 0 Å². The molecule has 0 unspecified atom stereocenters. The maximum atomic E-state index is 12.2. The number of phenols is 1. The highest BCUT2D eigenvalue weighted by Crippen LogP contribution is 2.39. The number of H-pyrrole nitrogens is 1. The molecule has 0 amide bonds. The molecule has 0 aliphatic heterocycles. The van der Waals surface area contributed by atoms with Gasteiger partial charge in [-0.2, -0.15) is 0 Å². The highest BCUT2D eigenvalue weighted by molar-refractivity contribution is 7.17. The number of aromatic amines is 1. The van der Waals surface area contributed by atoms with Crippen molar-refractivity contribution in [3.63, 3.8) is 0 Å². The van der Waals surface area contributed by atoms with Crippen molar-refractivity contribution < 1.29 is 5.11 Å². The number of hydrogen-bond acceptors (Lipinski definition) is 3. The Morgan fingerprint density at radius 2 is 1.79 bits per heavy atom. The molecule has 4 heteroatoms. The Balaban J connectivity index is 2.09. The molecule has 0 fully saturated rings. The minimum absolute atomic E-state index is 0.0840. The monoisotopic (exact) mass is 335 g/mol. The highest BCUT2D eigenvalue weighted by atomic mass is 32.1. The number of benzene rings is 2. The van der Waals surface area contributed by atoms with Crippen LogP contribution < -0.4 is 5.56 Å². The van der Waals surface area contributed by atoms with Gasteiger partial charge in [0.15, 0.2) is 0 Å². The van der Waals surface area contributed by atoms with E-state index >= 15 is 0 Å². The summed E-state index contributed by atoms with van der Waals surface area (Å²) in [6.45, 7) is 4.31. The summed E-state index contributed by atoms with van der Waals surface area (Å²) >= 11 is 1.42. The number of fused-ring (bicyclic) bond motifs is 3. The molecule has 4 aromatic rings. The summed E-state index contributed by atoms with van der Waals surface area (Å²) in [7, 11) is 0. The summed E-state index contributed by atoms with van der Waals surface area (Å²) in [5.41, 5.74) is 3.63. The van der Waals surface area contributed by atoms with Crippen LogP contribution in [-0.4, -0.2) is 10.1 Å². The van der Waals surface area contributed by atoms with E-state index in [1.807, 2.05) is 23.6 Å². The van der Waals surface area contributed by atoms with Gasteiger partial charge in [-0.25, -0.2) is 0 Å². The van der Waals surface area contributed by atoms with Crippen LogP contribution in [0.4, 0.5) is 0 Å². The molecule has 0 aliphatic carbocycles. The average Bonchev–Trinajstić information content (AvgIpc) is 3.06. The predicted octanol–water partition coefficient (Wildman–Crippen LogP) is 5.24. The first-order valence-electron chi connectivity index (χ1n) is 7.91. The molecule has 2 aromatic carbocycles. The van der Waals surface area contributed by atoms with Crippen molar-refractivity contribution in [3.05, 3.63) is 63.8 Å². The second-order valence-corrected chi connectivity index (χ2v) is 7.19. The van der Waals surface area contributed by atoms with E-state index in [0.29, 0.717) is 10.6 Å². The summed E-state index contributed by atoms with van der Waals surface area (Å²) in [6, 6.07) is 13.6. The lowest BCUT2D eigenvalue weighted by atomic mass is 9.95. The molecular weight excluding hydrogens is 318 g/mol. The molecule has 2 N–H and O–H groups in total. The summed E-state index contributed by atoms with van der Waals surface area (Å²) < 4.78 is 0.688. The quantitative estimate of drug-likeness (QED) is 0.526. The number of rotatable bonds is 2. The number of thiophene rings is 1. The van der Waals surface area contributed by atoms with Gasteiger partial charge in [0.25, 0.3) is 5.56 Å². The van der Waals surface area contributed by atoms with E-state index in [1.54, 1.807) is 12.1 Å². The van der Waals surface area contributed by atoms with Gasteiger partial charge in [0.1, 0.15) is 10.4 Å². The third kappa shape index (κ3) is 2.22. The van der Waals surface area contributed by atoms with Crippen LogP contribution >= 0.6 is 11.3 Å². The minimum Gasteiger partial charge on any atom is -0.507 e. The number of aromatic nitrogens is 1. The zero-order valence-electron chi connectivity index (χ0n) is 13.5. The van der Waals surface area contributed by atoms with E-state index in [-0.39, 0.29) is 11.3 Å². The lowest BCUT2D eigenvalue weighted by molar-refractivity contribution is 0.478. The molecule has 24 heavy (non-hydrogen) atoms. The Morgan fingerprint density at radius 1 is 1.04 bits per heavy atom. The zero-order valence-corrected chi connectivity index (χ0v) is 14.3. The summed E-state index contributed by atoms with van der Waals surface area (Å²) in [5.74, 6) is 0.680. The Morgan fingerprint density at radius 3 is 2.50 bits per heavy atom. The Labute approximate surface area is 143 Å². The van der Waals surface area contributed by atoms with Crippen molar-refractivity contribution in [1.82, 2.24) is 4.98 Å². The third-order valence-corrected chi connectivity index (χ3v) is 5.35. The zero-order chi connectivity index (χ0) is 16.8. The van der Waals surface area contributed by atoms with E-state index < -0.39 is 0 Å². The molecule has 3 nitrogen and oxygen atoms in total. The third-order valence-electron chi connectivity index (χ3n) is 4.44. The standard InChI is InChI=1S/C20H17NO2S/c1-11(2)12-3-5-13(6-4-12)17-16(22)8-7-15-18(17)14-9-10-24-19(14)20(23)21-15/h3-11,22H,1-2H3,(H,21,23). The van der Waals surface area contributed by atoms with Crippen molar-refractivity contribution >= 4 is 32.3 Å². The average molecular weight is 335 g/mol. The van der Waals surface area contributed by atoms with Crippen molar-refractivity contribution in [3.8, 4) is 16.9 Å². The molecule has 120 valence electrons. The maximum absolute atomic E-state index is 12.2. The van der Waals surface area contributed by atoms with Crippen LogP contribution in [0.5, 0.6) is 5.75 Å². The fourth-order valence-electron chi connectivity index (χ4n) is 3.16. The fraction of sp³-hybridized carbons (Fsp3) is 0.150. The molecule has 0 saturated carbocycles. The Kier molecular flexibility index (Phi) is 3.43. The maximum Gasteiger partial charge on any atom is 0.266 e. The number of hydrogen-bond donors (Lipinski definition) is 2. The van der Waals surface area contributed by atoms with Gasteiger partial charge in [-0.15, -0.1) is 11.3 Å². The molecule has 0 radical (unpaired) electrons. The molecule has 4 rings (SSSR count). The molecule has 0 atom stereocenters. The topological polar surface area (TPSA) is 53.1 Å². The lowest BCUT2D eigenvalue weighted by Gasteiger charge is -2.12. The van der Waals surface area contributed by atoms with E-state index in [4.69, 9.17) is 0 Å². The number of nitrogens with one attached hydrogen (secondary N) is 1. The highest BCUT2D eigenvalue weighted by Gasteiger charge is 2.15. The van der Waals surface area contributed by atoms with Crippen LogP contribution in [0.15, 0.2) is 52.6 Å². The number of aromatic hydroxyl groups is 1. The van der Waals surface area contributed by atoms with E-state index in [1.165, 1.54) is 16.9 Å². The van der Waals surface area contributed by atoms with Gasteiger partial charge in [0, 0.05) is 21.9 Å². The summed E-state index contributed by atoms with van der Waals surface area (Å²) in [5, 5.41) is 14.2. The number of phenolic OH excluding ortho intramolecular Hbond substituents is 1. The second-order valence-electron chi connectivity index (χ2n) is 6.28. The van der Waals surface area contributed by atoms with Gasteiger partial charge in [-0.05, 0) is 40.6 Å². The molecule has 0 saturated heterocycles. The van der Waals surface area contributed by atoms with Crippen molar-refractivity contribution in [2.24, 2.45) is 0 Å². The van der Waals surface area contributed by atoms with E-state index in [9.17, 15) is 9.90 Å². The van der Waals surface area contributed by atoms with Gasteiger partial charge < -0.3 is 10.1 Å².